The summed E-state index contributed by atoms with van der Waals surface area (Å²) >= 11 is 1.70. The minimum Gasteiger partial charge on any atom is -0.368 e. The van der Waals surface area contributed by atoms with E-state index in [0.29, 0.717) is 0 Å². The summed E-state index contributed by atoms with van der Waals surface area (Å²) in [5.41, 5.74) is 4.88. The monoisotopic (exact) mass is 321 g/mol. The van der Waals surface area contributed by atoms with Crippen LogP contribution in [0, 0.1) is 0 Å². The van der Waals surface area contributed by atoms with Gasteiger partial charge in [0.1, 0.15) is 0 Å². The van der Waals surface area contributed by atoms with Crippen molar-refractivity contribution in [2.24, 2.45) is 5.73 Å². The molecule has 1 aliphatic carbocycles. The molecule has 3 N–H and O–H groups in total. The quantitative estimate of drug-likeness (QED) is 0.868. The highest BCUT2D eigenvalue weighted by Crippen LogP contribution is 2.34. The molecule has 2 heterocycles. The van der Waals surface area contributed by atoms with Crippen LogP contribution in [-0.4, -0.2) is 35.3 Å². The van der Waals surface area contributed by atoms with E-state index < -0.39 is 5.54 Å². The fraction of sp³-hybridized carbons (Fsp3) is 0.625. The van der Waals surface area contributed by atoms with Gasteiger partial charge in [-0.1, -0.05) is 18.9 Å². The molecule has 3 rings (SSSR count). The van der Waals surface area contributed by atoms with Crippen molar-refractivity contribution in [3.05, 3.63) is 22.4 Å². The van der Waals surface area contributed by atoms with E-state index in [0.717, 1.165) is 45.1 Å². The minimum absolute atomic E-state index is 0.0726. The number of carbonyl (C=O) groups excluding carboxylic acids is 2. The maximum atomic E-state index is 12.6. The predicted molar refractivity (Wildman–Crippen MR) is 86.4 cm³/mol. The highest BCUT2D eigenvalue weighted by atomic mass is 32.1. The van der Waals surface area contributed by atoms with Gasteiger partial charge in [-0.3, -0.25) is 14.9 Å². The summed E-state index contributed by atoms with van der Waals surface area (Å²) in [6, 6.07) is 4.32. The lowest BCUT2D eigenvalue weighted by molar-refractivity contribution is -0.132. The molecule has 1 aromatic heterocycles. The lowest BCUT2D eigenvalue weighted by Crippen LogP contribution is -2.56. The molecule has 1 atom stereocenters. The number of primary amides is 1. The van der Waals surface area contributed by atoms with Crippen molar-refractivity contribution in [2.45, 2.75) is 50.1 Å². The summed E-state index contributed by atoms with van der Waals surface area (Å²) in [6.45, 7) is 0.997. The zero-order valence-corrected chi connectivity index (χ0v) is 13.5. The van der Waals surface area contributed by atoms with Gasteiger partial charge in [0, 0.05) is 11.4 Å². The average Bonchev–Trinajstić information content (AvgIpc) is 3.24. The molecule has 120 valence electrons. The van der Waals surface area contributed by atoms with Crippen molar-refractivity contribution in [1.82, 2.24) is 10.2 Å². The van der Waals surface area contributed by atoms with Crippen LogP contribution in [0.1, 0.15) is 49.4 Å². The van der Waals surface area contributed by atoms with Gasteiger partial charge in [-0.25, -0.2) is 0 Å². The Hall–Kier alpha value is -1.40. The molecule has 1 unspecified atom stereocenters. The average molecular weight is 321 g/mol. The van der Waals surface area contributed by atoms with Gasteiger partial charge in [0.05, 0.1) is 18.1 Å². The zero-order valence-electron chi connectivity index (χ0n) is 12.7. The highest BCUT2D eigenvalue weighted by molar-refractivity contribution is 7.10. The molecule has 1 aromatic rings. The maximum absolute atomic E-state index is 12.6. The van der Waals surface area contributed by atoms with E-state index in [1.807, 2.05) is 11.0 Å². The van der Waals surface area contributed by atoms with Gasteiger partial charge in [0.15, 0.2) is 0 Å². The Morgan fingerprint density at radius 1 is 1.36 bits per heavy atom. The van der Waals surface area contributed by atoms with Gasteiger partial charge in [0.2, 0.25) is 11.8 Å². The van der Waals surface area contributed by atoms with E-state index in [-0.39, 0.29) is 24.4 Å². The van der Waals surface area contributed by atoms with Crippen LogP contribution >= 0.6 is 11.3 Å². The second-order valence-corrected chi connectivity index (χ2v) is 7.25. The van der Waals surface area contributed by atoms with Gasteiger partial charge in [-0.05, 0) is 37.1 Å². The molecular weight excluding hydrogens is 298 g/mol. The summed E-state index contributed by atoms with van der Waals surface area (Å²) in [6.07, 6.45) is 5.52. The largest absolute Gasteiger partial charge is 0.368 e. The molecule has 5 nitrogen and oxygen atoms in total. The first-order chi connectivity index (χ1) is 10.6. The first-order valence-corrected chi connectivity index (χ1v) is 8.88. The Bertz CT molecular complexity index is 538. The number of nitrogens with zero attached hydrogens (tertiary/aromatic N) is 1. The molecule has 0 aromatic carbocycles. The van der Waals surface area contributed by atoms with Crippen molar-refractivity contribution in [2.75, 3.05) is 13.1 Å². The van der Waals surface area contributed by atoms with Crippen LogP contribution in [-0.2, 0) is 9.59 Å². The molecule has 2 fully saturated rings. The molecule has 0 bridgehead atoms. The second kappa shape index (κ2) is 6.38. The number of nitrogens with two attached hydrogens (primary N) is 1. The number of carbonyl (C=O) groups is 2. The normalized spacial score (nSPS) is 23.8. The Morgan fingerprint density at radius 2 is 2.14 bits per heavy atom. The van der Waals surface area contributed by atoms with Crippen LogP contribution in [0.3, 0.4) is 0 Å². The van der Waals surface area contributed by atoms with Crippen LogP contribution in [0.2, 0.25) is 0 Å². The van der Waals surface area contributed by atoms with E-state index in [1.165, 1.54) is 4.88 Å². The number of likely N-dealkylation sites (tertiary alicyclic amines) is 1. The van der Waals surface area contributed by atoms with Crippen molar-refractivity contribution >= 4 is 23.2 Å². The molecule has 2 aliphatic rings. The Kier molecular flexibility index (Phi) is 4.49. The molecule has 1 saturated carbocycles. The third-order valence-electron chi connectivity index (χ3n) is 4.95. The van der Waals surface area contributed by atoms with E-state index >= 15 is 0 Å². The molecule has 1 saturated heterocycles. The van der Waals surface area contributed by atoms with Crippen LogP contribution in [0.4, 0.5) is 0 Å². The molecule has 0 spiro atoms. The number of nitrogens with one attached hydrogen (secondary N) is 1. The highest BCUT2D eigenvalue weighted by Gasteiger charge is 2.40. The number of rotatable bonds is 5. The second-order valence-electron chi connectivity index (χ2n) is 6.27. The number of amides is 2. The molecule has 0 radical (unpaired) electrons. The summed E-state index contributed by atoms with van der Waals surface area (Å²) in [7, 11) is 0. The Labute approximate surface area is 134 Å². The zero-order chi connectivity index (χ0) is 15.6. The van der Waals surface area contributed by atoms with Gasteiger partial charge in [-0.15, -0.1) is 11.3 Å². The third kappa shape index (κ3) is 2.90. The van der Waals surface area contributed by atoms with Gasteiger partial charge >= 0.3 is 0 Å². The van der Waals surface area contributed by atoms with E-state index in [9.17, 15) is 9.59 Å². The topological polar surface area (TPSA) is 75.4 Å². The lowest BCUT2D eigenvalue weighted by Gasteiger charge is -2.29. The number of hydrogen-bond donors (Lipinski definition) is 2. The van der Waals surface area contributed by atoms with Crippen molar-refractivity contribution in [3.63, 3.8) is 0 Å². The molecule has 2 amide bonds. The van der Waals surface area contributed by atoms with Crippen LogP contribution in [0.5, 0.6) is 0 Å². The number of hydrogen-bond acceptors (Lipinski definition) is 4. The van der Waals surface area contributed by atoms with Crippen molar-refractivity contribution in [1.29, 1.82) is 0 Å². The minimum atomic E-state index is -0.673. The van der Waals surface area contributed by atoms with Crippen LogP contribution in [0.25, 0.3) is 0 Å². The fourth-order valence-electron chi connectivity index (χ4n) is 3.68. The SMILES string of the molecule is NC(=O)C1(NCC(=O)N2CCCC2c2cccs2)CCCC1. The van der Waals surface area contributed by atoms with Gasteiger partial charge in [-0.2, -0.15) is 0 Å². The summed E-state index contributed by atoms with van der Waals surface area (Å²) in [5.74, 6) is -0.252. The van der Waals surface area contributed by atoms with Crippen molar-refractivity contribution < 1.29 is 9.59 Å². The molecular formula is C16H23N3O2S. The fourth-order valence-corrected chi connectivity index (χ4v) is 4.55. The van der Waals surface area contributed by atoms with Crippen LogP contribution in [0.15, 0.2) is 17.5 Å². The van der Waals surface area contributed by atoms with Gasteiger partial charge in [0.25, 0.3) is 0 Å². The Balaban J connectivity index is 1.63. The maximum Gasteiger partial charge on any atom is 0.237 e. The third-order valence-corrected chi connectivity index (χ3v) is 5.93. The Morgan fingerprint density at radius 3 is 2.77 bits per heavy atom. The first-order valence-electron chi connectivity index (χ1n) is 8.00. The van der Waals surface area contributed by atoms with E-state index in [2.05, 4.69) is 16.8 Å². The molecule has 6 heteroatoms. The van der Waals surface area contributed by atoms with Gasteiger partial charge < -0.3 is 10.6 Å². The standard InChI is InChI=1S/C16H23N3O2S/c17-15(21)16(7-1-2-8-16)18-11-14(20)19-9-3-5-12(19)13-6-4-10-22-13/h4,6,10,12,18H,1-3,5,7-9,11H2,(H2,17,21). The van der Waals surface area contributed by atoms with E-state index in [4.69, 9.17) is 5.73 Å². The smallest absolute Gasteiger partial charge is 0.237 e. The summed E-state index contributed by atoms with van der Waals surface area (Å²) in [5, 5.41) is 5.23. The van der Waals surface area contributed by atoms with Crippen LogP contribution < -0.4 is 11.1 Å². The summed E-state index contributed by atoms with van der Waals surface area (Å²) in [4.78, 5) is 27.5. The predicted octanol–water partition coefficient (Wildman–Crippen LogP) is 1.80. The lowest BCUT2D eigenvalue weighted by atomic mass is 9.97. The van der Waals surface area contributed by atoms with Crippen molar-refractivity contribution in [3.8, 4) is 0 Å². The molecule has 1 aliphatic heterocycles. The van der Waals surface area contributed by atoms with E-state index in [1.54, 1.807) is 11.3 Å². The molecule has 22 heavy (non-hydrogen) atoms. The first kappa shape index (κ1) is 15.5. The number of thiophene rings is 1. The summed E-state index contributed by atoms with van der Waals surface area (Å²) < 4.78 is 0.